The Hall–Kier alpha value is -1.84. The number of nitrogens with zero attached hydrogens (tertiary/aromatic N) is 2. The Bertz CT molecular complexity index is 742. The summed E-state index contributed by atoms with van der Waals surface area (Å²) in [5, 5.41) is 8.76. The lowest BCUT2D eigenvalue weighted by atomic mass is 10.2. The molecule has 0 spiro atoms. The monoisotopic (exact) mass is 292 g/mol. The van der Waals surface area contributed by atoms with Crippen molar-refractivity contribution in [1.29, 1.82) is 5.26 Å². The van der Waals surface area contributed by atoms with Crippen LogP contribution in [-0.4, -0.2) is 15.5 Å². The van der Waals surface area contributed by atoms with Crippen molar-refractivity contribution < 1.29 is 8.42 Å². The van der Waals surface area contributed by atoms with E-state index in [0.29, 0.717) is 10.6 Å². The van der Waals surface area contributed by atoms with Crippen LogP contribution in [0.2, 0.25) is 0 Å². The fourth-order valence-electron chi connectivity index (χ4n) is 1.62. The Balaban J connectivity index is 2.42. The first-order valence-electron chi connectivity index (χ1n) is 5.50. The summed E-state index contributed by atoms with van der Waals surface area (Å²) in [6, 6.07) is 12.2. The Kier molecular flexibility index (Phi) is 3.60. The predicted octanol–water partition coefficient (Wildman–Crippen LogP) is 2.75. The molecule has 4 nitrogen and oxygen atoms in total. The average Bonchev–Trinajstić information content (AvgIpc) is 2.87. The van der Waals surface area contributed by atoms with E-state index in [-0.39, 0.29) is 4.21 Å². The molecule has 0 bridgehead atoms. The molecule has 0 amide bonds. The average molecular weight is 292 g/mol. The van der Waals surface area contributed by atoms with Gasteiger partial charge in [-0.3, -0.25) is 4.31 Å². The van der Waals surface area contributed by atoms with Gasteiger partial charge >= 0.3 is 0 Å². The number of benzene rings is 1. The molecule has 1 aromatic carbocycles. The summed E-state index contributed by atoms with van der Waals surface area (Å²) in [5.41, 5.74) is 1.59. The van der Waals surface area contributed by atoms with Crippen molar-refractivity contribution >= 4 is 27.0 Å². The van der Waals surface area contributed by atoms with Crippen molar-refractivity contribution in [3.8, 4) is 6.07 Å². The predicted molar refractivity (Wildman–Crippen MR) is 75.8 cm³/mol. The normalized spacial score (nSPS) is 11.0. The molecule has 98 valence electrons. The molecule has 19 heavy (non-hydrogen) atoms. The number of rotatable bonds is 3. The maximum absolute atomic E-state index is 12.4. The van der Waals surface area contributed by atoms with Crippen molar-refractivity contribution in [3.63, 3.8) is 0 Å². The zero-order valence-electron chi connectivity index (χ0n) is 10.5. The van der Waals surface area contributed by atoms with Gasteiger partial charge in [0.15, 0.2) is 0 Å². The van der Waals surface area contributed by atoms with Gasteiger partial charge in [0, 0.05) is 7.05 Å². The molecule has 1 aromatic heterocycles. The number of aryl methyl sites for hydroxylation is 1. The van der Waals surface area contributed by atoms with Crippen molar-refractivity contribution in [2.75, 3.05) is 11.4 Å². The second-order valence-electron chi connectivity index (χ2n) is 4.04. The van der Waals surface area contributed by atoms with Crippen LogP contribution in [0.4, 0.5) is 5.69 Å². The molecule has 0 aliphatic carbocycles. The van der Waals surface area contributed by atoms with Gasteiger partial charge in [0.25, 0.3) is 10.0 Å². The molecule has 0 unspecified atom stereocenters. The molecule has 0 aliphatic heterocycles. The molecule has 0 atom stereocenters. The van der Waals surface area contributed by atoms with E-state index in [4.69, 9.17) is 5.26 Å². The molecule has 1 heterocycles. The summed E-state index contributed by atoms with van der Waals surface area (Å²) < 4.78 is 26.2. The highest BCUT2D eigenvalue weighted by atomic mass is 32.2. The zero-order chi connectivity index (χ0) is 14.0. The molecule has 0 aliphatic rings. The molecule has 0 radical (unpaired) electrons. The zero-order valence-corrected chi connectivity index (χ0v) is 12.1. The minimum Gasteiger partial charge on any atom is -0.269 e. The molecule has 0 saturated heterocycles. The Morgan fingerprint density at radius 2 is 2.00 bits per heavy atom. The molecular weight excluding hydrogens is 280 g/mol. The van der Waals surface area contributed by atoms with E-state index < -0.39 is 10.0 Å². The van der Waals surface area contributed by atoms with Gasteiger partial charge in [-0.2, -0.15) is 5.26 Å². The third-order valence-corrected chi connectivity index (χ3v) is 5.91. The summed E-state index contributed by atoms with van der Waals surface area (Å²) in [6.07, 6.45) is 0. The van der Waals surface area contributed by atoms with E-state index in [2.05, 4.69) is 0 Å². The van der Waals surface area contributed by atoms with E-state index in [1.807, 2.05) is 25.1 Å². The maximum atomic E-state index is 12.4. The van der Waals surface area contributed by atoms with Crippen LogP contribution in [0.1, 0.15) is 10.4 Å². The molecule has 0 fully saturated rings. The second kappa shape index (κ2) is 5.03. The van der Waals surface area contributed by atoms with E-state index in [1.165, 1.54) is 23.5 Å². The van der Waals surface area contributed by atoms with Crippen LogP contribution in [0.25, 0.3) is 0 Å². The summed E-state index contributed by atoms with van der Waals surface area (Å²) >= 11 is 0.976. The lowest BCUT2D eigenvalue weighted by Gasteiger charge is -2.18. The van der Waals surface area contributed by atoms with Crippen LogP contribution in [-0.2, 0) is 10.0 Å². The first-order chi connectivity index (χ1) is 8.95. The summed E-state index contributed by atoms with van der Waals surface area (Å²) in [5.74, 6) is 0. The third kappa shape index (κ3) is 2.62. The number of thiophene rings is 1. The van der Waals surface area contributed by atoms with Gasteiger partial charge < -0.3 is 0 Å². The minimum atomic E-state index is -3.60. The quantitative estimate of drug-likeness (QED) is 0.874. The van der Waals surface area contributed by atoms with Gasteiger partial charge in [0.05, 0.1) is 5.69 Å². The van der Waals surface area contributed by atoms with Crippen LogP contribution in [0.5, 0.6) is 0 Å². The van der Waals surface area contributed by atoms with Gasteiger partial charge in [0.2, 0.25) is 0 Å². The van der Waals surface area contributed by atoms with Crippen molar-refractivity contribution in [1.82, 2.24) is 0 Å². The van der Waals surface area contributed by atoms with Crippen LogP contribution < -0.4 is 4.31 Å². The van der Waals surface area contributed by atoms with E-state index in [9.17, 15) is 8.42 Å². The van der Waals surface area contributed by atoms with Crippen molar-refractivity contribution in [2.24, 2.45) is 0 Å². The molecular formula is C13H12N2O2S2. The van der Waals surface area contributed by atoms with Gasteiger partial charge in [-0.25, -0.2) is 8.42 Å². The van der Waals surface area contributed by atoms with Gasteiger partial charge in [-0.05, 0) is 36.8 Å². The van der Waals surface area contributed by atoms with Crippen LogP contribution in [0.3, 0.4) is 0 Å². The van der Waals surface area contributed by atoms with Crippen LogP contribution in [0.15, 0.2) is 40.6 Å². The van der Waals surface area contributed by atoms with E-state index >= 15 is 0 Å². The van der Waals surface area contributed by atoms with Gasteiger partial charge in [-0.1, -0.05) is 12.1 Å². The SMILES string of the molecule is Cc1cccc(N(C)S(=O)(=O)c2ccc(C#N)s2)c1. The highest BCUT2D eigenvalue weighted by Crippen LogP contribution is 2.27. The summed E-state index contributed by atoms with van der Waals surface area (Å²) in [6.45, 7) is 1.91. The number of anilines is 1. The Labute approximate surface area is 116 Å². The lowest BCUT2D eigenvalue weighted by Crippen LogP contribution is -2.25. The summed E-state index contributed by atoms with van der Waals surface area (Å²) in [4.78, 5) is 0.385. The number of hydrogen-bond acceptors (Lipinski definition) is 4. The number of nitriles is 1. The molecule has 0 N–H and O–H groups in total. The van der Waals surface area contributed by atoms with Gasteiger partial charge in [-0.15, -0.1) is 11.3 Å². The molecule has 0 saturated carbocycles. The van der Waals surface area contributed by atoms with E-state index in [1.54, 1.807) is 12.1 Å². The fraction of sp³-hybridized carbons (Fsp3) is 0.154. The van der Waals surface area contributed by atoms with E-state index in [0.717, 1.165) is 16.9 Å². The topological polar surface area (TPSA) is 61.2 Å². The standard InChI is InChI=1S/C13H12N2O2S2/c1-10-4-3-5-11(8-10)15(2)19(16,17)13-7-6-12(9-14)18-13/h3-8H,1-2H3. The highest BCUT2D eigenvalue weighted by molar-refractivity contribution is 7.94. The fourth-order valence-corrected chi connectivity index (χ4v) is 4.08. The first kappa shape index (κ1) is 13.6. The molecule has 2 aromatic rings. The smallest absolute Gasteiger partial charge is 0.269 e. The Morgan fingerprint density at radius 3 is 2.58 bits per heavy atom. The maximum Gasteiger partial charge on any atom is 0.273 e. The third-order valence-electron chi connectivity index (χ3n) is 2.67. The van der Waals surface area contributed by atoms with Gasteiger partial charge in [0.1, 0.15) is 15.2 Å². The molecule has 6 heteroatoms. The minimum absolute atomic E-state index is 0.174. The highest BCUT2D eigenvalue weighted by Gasteiger charge is 2.23. The van der Waals surface area contributed by atoms with Crippen molar-refractivity contribution in [3.05, 3.63) is 46.8 Å². The second-order valence-corrected chi connectivity index (χ2v) is 7.32. The largest absolute Gasteiger partial charge is 0.273 e. The number of sulfonamides is 1. The number of hydrogen-bond donors (Lipinski definition) is 0. The first-order valence-corrected chi connectivity index (χ1v) is 7.76. The Morgan fingerprint density at radius 1 is 1.26 bits per heavy atom. The van der Waals surface area contributed by atoms with Crippen LogP contribution in [0, 0.1) is 18.3 Å². The van der Waals surface area contributed by atoms with Crippen LogP contribution >= 0.6 is 11.3 Å². The molecule has 2 rings (SSSR count). The summed E-state index contributed by atoms with van der Waals surface area (Å²) in [7, 11) is -2.09. The lowest BCUT2D eigenvalue weighted by molar-refractivity contribution is 0.596. The van der Waals surface area contributed by atoms with Crippen molar-refractivity contribution in [2.45, 2.75) is 11.1 Å².